The number of nitrogens with two attached hydrogens (primary N) is 1. The molecule has 0 saturated carbocycles. The Morgan fingerprint density at radius 3 is 2.00 bits per heavy atom. The summed E-state index contributed by atoms with van der Waals surface area (Å²) in [4.78, 5) is 21.3. The number of carboxylic acids is 2. The van der Waals surface area contributed by atoms with Crippen LogP contribution in [-0.4, -0.2) is 28.2 Å². The third kappa shape index (κ3) is 6.06. The maximum atomic E-state index is 10.8. The molecule has 0 aliphatic carbocycles. The van der Waals surface area contributed by atoms with Gasteiger partial charge in [0.15, 0.2) is 0 Å². The zero-order chi connectivity index (χ0) is 12.0. The zero-order valence-electron chi connectivity index (χ0n) is 9.14. The van der Waals surface area contributed by atoms with Crippen molar-refractivity contribution in [1.82, 2.24) is 0 Å². The third-order valence-electron chi connectivity index (χ3n) is 2.30. The second kappa shape index (κ2) is 6.40. The molecule has 0 heterocycles. The molecule has 0 aromatic heterocycles. The standard InChI is InChI=1S/C10H19NO4/c1-6(2)3-4-7(9(12)13)5-8(11)10(14)15/h6-8H,3-5,11H2,1-2H3,(H,12,13)(H,14,15). The van der Waals surface area contributed by atoms with E-state index in [1.807, 2.05) is 13.8 Å². The Kier molecular flexibility index (Phi) is 5.93. The molecule has 5 nitrogen and oxygen atoms in total. The summed E-state index contributed by atoms with van der Waals surface area (Å²) in [6, 6.07) is -1.08. The summed E-state index contributed by atoms with van der Waals surface area (Å²) in [5.41, 5.74) is 5.30. The number of hydrogen-bond donors (Lipinski definition) is 3. The lowest BCUT2D eigenvalue weighted by atomic mass is 9.92. The highest BCUT2D eigenvalue weighted by Crippen LogP contribution is 2.17. The largest absolute Gasteiger partial charge is 0.481 e. The Hall–Kier alpha value is -1.10. The number of carboxylic acid groups (broad SMARTS) is 2. The van der Waals surface area contributed by atoms with Crippen molar-refractivity contribution in [3.8, 4) is 0 Å². The number of rotatable bonds is 7. The van der Waals surface area contributed by atoms with Gasteiger partial charge in [0, 0.05) is 0 Å². The molecule has 2 unspecified atom stereocenters. The molecule has 2 atom stereocenters. The predicted octanol–water partition coefficient (Wildman–Crippen LogP) is 0.925. The van der Waals surface area contributed by atoms with Crippen molar-refractivity contribution >= 4 is 11.9 Å². The van der Waals surface area contributed by atoms with Crippen molar-refractivity contribution in [2.24, 2.45) is 17.6 Å². The Labute approximate surface area is 89.3 Å². The normalized spacial score (nSPS) is 14.9. The smallest absolute Gasteiger partial charge is 0.320 e. The van der Waals surface area contributed by atoms with Crippen molar-refractivity contribution in [1.29, 1.82) is 0 Å². The van der Waals surface area contributed by atoms with Gasteiger partial charge in [-0.25, -0.2) is 0 Å². The average Bonchev–Trinajstić information content (AvgIpc) is 2.10. The molecule has 15 heavy (non-hydrogen) atoms. The van der Waals surface area contributed by atoms with Gasteiger partial charge in [-0.05, 0) is 18.8 Å². The van der Waals surface area contributed by atoms with Gasteiger partial charge in [0.05, 0.1) is 5.92 Å². The van der Waals surface area contributed by atoms with Crippen LogP contribution in [0.3, 0.4) is 0 Å². The Morgan fingerprint density at radius 1 is 1.13 bits per heavy atom. The van der Waals surface area contributed by atoms with Gasteiger partial charge >= 0.3 is 11.9 Å². The van der Waals surface area contributed by atoms with E-state index < -0.39 is 23.9 Å². The van der Waals surface area contributed by atoms with E-state index in [1.165, 1.54) is 0 Å². The van der Waals surface area contributed by atoms with E-state index in [4.69, 9.17) is 15.9 Å². The van der Waals surface area contributed by atoms with Crippen LogP contribution in [-0.2, 0) is 9.59 Å². The van der Waals surface area contributed by atoms with Crippen LogP contribution in [0.1, 0.15) is 33.1 Å². The molecule has 0 spiro atoms. The van der Waals surface area contributed by atoms with Gasteiger partial charge in [-0.15, -0.1) is 0 Å². The fourth-order valence-corrected chi connectivity index (χ4v) is 1.28. The third-order valence-corrected chi connectivity index (χ3v) is 2.30. The maximum absolute atomic E-state index is 10.8. The van der Waals surface area contributed by atoms with E-state index in [2.05, 4.69) is 0 Å². The van der Waals surface area contributed by atoms with Gasteiger partial charge < -0.3 is 15.9 Å². The molecule has 5 heteroatoms. The first kappa shape index (κ1) is 13.9. The molecule has 0 radical (unpaired) electrons. The molecule has 0 rings (SSSR count). The summed E-state index contributed by atoms with van der Waals surface area (Å²) in [6.07, 6.45) is 1.24. The van der Waals surface area contributed by atoms with E-state index >= 15 is 0 Å². The van der Waals surface area contributed by atoms with Crippen LogP contribution in [0.4, 0.5) is 0 Å². The van der Waals surface area contributed by atoms with Crippen molar-refractivity contribution in [2.75, 3.05) is 0 Å². The second-order valence-corrected chi connectivity index (χ2v) is 4.19. The van der Waals surface area contributed by atoms with Crippen molar-refractivity contribution < 1.29 is 19.8 Å². The summed E-state index contributed by atoms with van der Waals surface area (Å²) in [5.74, 6) is -2.36. The molecule has 0 aliphatic heterocycles. The van der Waals surface area contributed by atoms with Crippen LogP contribution < -0.4 is 5.73 Å². The van der Waals surface area contributed by atoms with Crippen LogP contribution in [0.2, 0.25) is 0 Å². The molecular weight excluding hydrogens is 198 g/mol. The van der Waals surface area contributed by atoms with E-state index in [1.54, 1.807) is 0 Å². The minimum Gasteiger partial charge on any atom is -0.481 e. The lowest BCUT2D eigenvalue weighted by molar-refractivity contribution is -0.143. The minimum atomic E-state index is -1.15. The van der Waals surface area contributed by atoms with E-state index in [-0.39, 0.29) is 6.42 Å². The van der Waals surface area contributed by atoms with E-state index in [9.17, 15) is 9.59 Å². The summed E-state index contributed by atoms with van der Waals surface area (Å²) in [5, 5.41) is 17.4. The molecule has 0 amide bonds. The molecule has 0 aromatic rings. The summed E-state index contributed by atoms with van der Waals surface area (Å²) in [6.45, 7) is 3.99. The van der Waals surface area contributed by atoms with Crippen LogP contribution in [0.25, 0.3) is 0 Å². The van der Waals surface area contributed by atoms with Gasteiger partial charge in [-0.2, -0.15) is 0 Å². The highest BCUT2D eigenvalue weighted by molar-refractivity contribution is 5.75. The maximum Gasteiger partial charge on any atom is 0.320 e. The summed E-state index contributed by atoms with van der Waals surface area (Å²) >= 11 is 0. The van der Waals surface area contributed by atoms with Gasteiger partial charge in [0.1, 0.15) is 6.04 Å². The Bertz CT molecular complexity index is 227. The van der Waals surface area contributed by atoms with Gasteiger partial charge in [0.25, 0.3) is 0 Å². The fraction of sp³-hybridized carbons (Fsp3) is 0.800. The second-order valence-electron chi connectivity index (χ2n) is 4.19. The first-order valence-corrected chi connectivity index (χ1v) is 5.05. The molecular formula is C10H19NO4. The highest BCUT2D eigenvalue weighted by atomic mass is 16.4. The Balaban J connectivity index is 4.16. The van der Waals surface area contributed by atoms with Crippen molar-refractivity contribution in [3.63, 3.8) is 0 Å². The number of carbonyl (C=O) groups is 2. The van der Waals surface area contributed by atoms with Crippen LogP contribution in [0.15, 0.2) is 0 Å². The predicted molar refractivity (Wildman–Crippen MR) is 55.4 cm³/mol. The first-order chi connectivity index (χ1) is 6.84. The molecule has 0 bridgehead atoms. The lowest BCUT2D eigenvalue weighted by Crippen LogP contribution is -2.34. The average molecular weight is 217 g/mol. The quantitative estimate of drug-likeness (QED) is 0.588. The lowest BCUT2D eigenvalue weighted by Gasteiger charge is -2.15. The highest BCUT2D eigenvalue weighted by Gasteiger charge is 2.24. The van der Waals surface area contributed by atoms with Gasteiger partial charge in [0.2, 0.25) is 0 Å². The number of hydrogen-bond acceptors (Lipinski definition) is 3. The monoisotopic (exact) mass is 217 g/mol. The molecule has 88 valence electrons. The zero-order valence-corrected chi connectivity index (χ0v) is 9.14. The molecule has 0 saturated heterocycles. The van der Waals surface area contributed by atoms with Crippen molar-refractivity contribution in [3.05, 3.63) is 0 Å². The molecule has 4 N–H and O–H groups in total. The van der Waals surface area contributed by atoms with Crippen LogP contribution in [0.5, 0.6) is 0 Å². The van der Waals surface area contributed by atoms with Crippen LogP contribution in [0, 0.1) is 11.8 Å². The molecule has 0 aliphatic rings. The van der Waals surface area contributed by atoms with Crippen LogP contribution >= 0.6 is 0 Å². The Morgan fingerprint density at radius 2 is 1.67 bits per heavy atom. The topological polar surface area (TPSA) is 101 Å². The summed E-state index contributed by atoms with van der Waals surface area (Å²) < 4.78 is 0. The molecule has 0 aromatic carbocycles. The van der Waals surface area contributed by atoms with E-state index in [0.29, 0.717) is 12.3 Å². The van der Waals surface area contributed by atoms with Crippen molar-refractivity contribution in [2.45, 2.75) is 39.2 Å². The fourth-order valence-electron chi connectivity index (χ4n) is 1.28. The summed E-state index contributed by atoms with van der Waals surface area (Å²) in [7, 11) is 0. The van der Waals surface area contributed by atoms with Gasteiger partial charge in [-0.3, -0.25) is 9.59 Å². The van der Waals surface area contributed by atoms with E-state index in [0.717, 1.165) is 6.42 Å². The number of aliphatic carboxylic acids is 2. The van der Waals surface area contributed by atoms with Gasteiger partial charge in [-0.1, -0.05) is 20.3 Å². The minimum absolute atomic E-state index is 0.00259. The molecule has 0 fully saturated rings. The first-order valence-electron chi connectivity index (χ1n) is 5.05. The SMILES string of the molecule is CC(C)CCC(CC(N)C(=O)O)C(=O)O.